The average Bonchev–Trinajstić information content (AvgIpc) is 3.31. The highest BCUT2D eigenvalue weighted by molar-refractivity contribution is 7.12. The number of carbonyl (C=O) groups is 3. The van der Waals surface area contributed by atoms with Crippen molar-refractivity contribution < 1.29 is 19.1 Å². The molecule has 31 heavy (non-hydrogen) atoms. The molecule has 0 bridgehead atoms. The summed E-state index contributed by atoms with van der Waals surface area (Å²) in [6.45, 7) is 2.45. The van der Waals surface area contributed by atoms with Crippen LogP contribution in [-0.4, -0.2) is 37.4 Å². The lowest BCUT2D eigenvalue weighted by Gasteiger charge is -2.10. The topological polar surface area (TPSA) is 96.5 Å². The third-order valence-electron chi connectivity index (χ3n) is 4.32. The van der Waals surface area contributed by atoms with Gasteiger partial charge in [0.2, 0.25) is 0 Å². The summed E-state index contributed by atoms with van der Waals surface area (Å²) in [6.07, 6.45) is 0. The first-order valence-electron chi connectivity index (χ1n) is 9.71. The molecule has 8 heteroatoms. The zero-order valence-corrected chi connectivity index (χ0v) is 17.8. The lowest BCUT2D eigenvalue weighted by molar-refractivity contribution is -0.118. The van der Waals surface area contributed by atoms with Gasteiger partial charge < -0.3 is 20.7 Å². The highest BCUT2D eigenvalue weighted by Crippen LogP contribution is 2.16. The van der Waals surface area contributed by atoms with Gasteiger partial charge in [-0.3, -0.25) is 14.4 Å². The fourth-order valence-corrected chi connectivity index (χ4v) is 3.35. The quantitative estimate of drug-likeness (QED) is 0.448. The zero-order valence-electron chi connectivity index (χ0n) is 17.0. The van der Waals surface area contributed by atoms with Crippen molar-refractivity contribution in [2.24, 2.45) is 0 Å². The summed E-state index contributed by atoms with van der Waals surface area (Å²) in [4.78, 5) is 36.8. The van der Waals surface area contributed by atoms with E-state index in [1.54, 1.807) is 30.3 Å². The maximum absolute atomic E-state index is 12.2. The van der Waals surface area contributed by atoms with Gasteiger partial charge in [-0.1, -0.05) is 24.3 Å². The molecule has 3 aromatic rings. The fourth-order valence-electron chi connectivity index (χ4n) is 2.71. The molecule has 2 aromatic carbocycles. The second kappa shape index (κ2) is 10.9. The molecule has 0 fully saturated rings. The van der Waals surface area contributed by atoms with Crippen molar-refractivity contribution in [2.75, 3.05) is 25.0 Å². The number of nitrogens with one attached hydrogen (secondary N) is 3. The monoisotopic (exact) mass is 437 g/mol. The van der Waals surface area contributed by atoms with Gasteiger partial charge in [0.1, 0.15) is 5.75 Å². The van der Waals surface area contributed by atoms with Gasteiger partial charge in [-0.2, -0.15) is 0 Å². The fraction of sp³-hybridized carbons (Fsp3) is 0.174. The van der Waals surface area contributed by atoms with Gasteiger partial charge in [-0.25, -0.2) is 0 Å². The number of rotatable bonds is 9. The normalized spacial score (nSPS) is 10.2. The molecule has 0 saturated carbocycles. The Balaban J connectivity index is 1.39. The first kappa shape index (κ1) is 22.0. The maximum Gasteiger partial charge on any atom is 0.262 e. The Morgan fingerprint density at radius 1 is 0.871 bits per heavy atom. The summed E-state index contributed by atoms with van der Waals surface area (Å²) in [5.41, 5.74) is 1.98. The summed E-state index contributed by atoms with van der Waals surface area (Å²) >= 11 is 1.36. The molecule has 0 unspecified atom stereocenters. The Morgan fingerprint density at radius 2 is 1.58 bits per heavy atom. The molecule has 0 aliphatic carbocycles. The molecule has 7 nitrogen and oxygen atoms in total. The van der Waals surface area contributed by atoms with Crippen molar-refractivity contribution >= 4 is 34.7 Å². The minimum absolute atomic E-state index is 0.107. The Labute approximate surface area is 184 Å². The standard InChI is InChI=1S/C23H23N3O4S/c1-16-5-2-3-6-19(16)30-15-21(27)26-18-10-8-17(9-11-18)22(28)24-12-13-25-23(29)20-7-4-14-31-20/h2-11,14H,12-13,15H2,1H3,(H,24,28)(H,25,29)(H,26,27). The largest absolute Gasteiger partial charge is 0.483 e. The smallest absolute Gasteiger partial charge is 0.262 e. The van der Waals surface area contributed by atoms with Gasteiger partial charge in [-0.15, -0.1) is 11.3 Å². The van der Waals surface area contributed by atoms with Crippen LogP contribution in [0.4, 0.5) is 5.69 Å². The molecule has 0 radical (unpaired) electrons. The molecular weight excluding hydrogens is 414 g/mol. The van der Waals surface area contributed by atoms with Crippen LogP contribution in [0.2, 0.25) is 0 Å². The summed E-state index contributed by atoms with van der Waals surface area (Å²) < 4.78 is 5.52. The zero-order chi connectivity index (χ0) is 22.1. The van der Waals surface area contributed by atoms with E-state index in [-0.39, 0.29) is 24.3 Å². The van der Waals surface area contributed by atoms with Gasteiger partial charge in [-0.05, 0) is 54.3 Å². The molecule has 1 heterocycles. The van der Waals surface area contributed by atoms with Gasteiger partial charge in [0.05, 0.1) is 4.88 Å². The van der Waals surface area contributed by atoms with Crippen molar-refractivity contribution in [3.63, 3.8) is 0 Å². The van der Waals surface area contributed by atoms with Crippen LogP contribution in [0.3, 0.4) is 0 Å². The first-order valence-corrected chi connectivity index (χ1v) is 10.6. The third kappa shape index (κ3) is 6.68. The number of aryl methyl sites for hydroxylation is 1. The highest BCUT2D eigenvalue weighted by atomic mass is 32.1. The number of benzene rings is 2. The van der Waals surface area contributed by atoms with E-state index < -0.39 is 0 Å². The van der Waals surface area contributed by atoms with Crippen molar-refractivity contribution in [3.8, 4) is 5.75 Å². The molecule has 0 aliphatic heterocycles. The summed E-state index contributed by atoms with van der Waals surface area (Å²) in [7, 11) is 0. The van der Waals surface area contributed by atoms with Crippen LogP contribution in [0, 0.1) is 6.92 Å². The van der Waals surface area contributed by atoms with E-state index in [0.29, 0.717) is 35.0 Å². The second-order valence-electron chi connectivity index (χ2n) is 6.67. The van der Waals surface area contributed by atoms with Gasteiger partial charge in [0.15, 0.2) is 6.61 Å². The highest BCUT2D eigenvalue weighted by Gasteiger charge is 2.09. The summed E-state index contributed by atoms with van der Waals surface area (Å²) in [6, 6.07) is 17.6. The molecule has 0 atom stereocenters. The van der Waals surface area contributed by atoms with Crippen molar-refractivity contribution in [2.45, 2.75) is 6.92 Å². The third-order valence-corrected chi connectivity index (χ3v) is 5.19. The molecule has 3 amide bonds. The Bertz CT molecular complexity index is 1030. The van der Waals surface area contributed by atoms with E-state index in [2.05, 4.69) is 16.0 Å². The Kier molecular flexibility index (Phi) is 7.78. The van der Waals surface area contributed by atoms with Gasteiger partial charge in [0.25, 0.3) is 17.7 Å². The number of hydrogen-bond acceptors (Lipinski definition) is 5. The van der Waals surface area contributed by atoms with E-state index >= 15 is 0 Å². The van der Waals surface area contributed by atoms with Crippen LogP contribution < -0.4 is 20.7 Å². The molecule has 0 spiro atoms. The maximum atomic E-state index is 12.2. The molecular formula is C23H23N3O4S. The van der Waals surface area contributed by atoms with Crippen molar-refractivity contribution in [1.82, 2.24) is 10.6 Å². The van der Waals surface area contributed by atoms with E-state index in [9.17, 15) is 14.4 Å². The number of ether oxygens (including phenoxy) is 1. The molecule has 3 rings (SSSR count). The van der Waals surface area contributed by atoms with Crippen LogP contribution in [-0.2, 0) is 4.79 Å². The SMILES string of the molecule is Cc1ccccc1OCC(=O)Nc1ccc(C(=O)NCCNC(=O)c2cccs2)cc1. The number of hydrogen-bond donors (Lipinski definition) is 3. The van der Waals surface area contributed by atoms with E-state index in [0.717, 1.165) is 5.56 Å². The van der Waals surface area contributed by atoms with Gasteiger partial charge >= 0.3 is 0 Å². The lowest BCUT2D eigenvalue weighted by atomic mass is 10.2. The number of para-hydroxylation sites is 1. The van der Waals surface area contributed by atoms with Crippen LogP contribution >= 0.6 is 11.3 Å². The lowest BCUT2D eigenvalue weighted by Crippen LogP contribution is -2.34. The molecule has 160 valence electrons. The Hall–Kier alpha value is -3.65. The minimum atomic E-state index is -0.290. The predicted octanol–water partition coefficient (Wildman–Crippen LogP) is 3.23. The number of carbonyl (C=O) groups excluding carboxylic acids is 3. The first-order chi connectivity index (χ1) is 15.0. The van der Waals surface area contributed by atoms with Crippen LogP contribution in [0.15, 0.2) is 66.0 Å². The Morgan fingerprint density at radius 3 is 2.26 bits per heavy atom. The minimum Gasteiger partial charge on any atom is -0.483 e. The molecule has 0 aliphatic rings. The number of thiophene rings is 1. The summed E-state index contributed by atoms with van der Waals surface area (Å²) in [5, 5.41) is 10.1. The van der Waals surface area contributed by atoms with E-state index in [1.807, 2.05) is 42.6 Å². The number of anilines is 1. The molecule has 0 saturated heterocycles. The van der Waals surface area contributed by atoms with Crippen LogP contribution in [0.1, 0.15) is 25.6 Å². The van der Waals surface area contributed by atoms with Crippen LogP contribution in [0.5, 0.6) is 5.75 Å². The number of amides is 3. The van der Waals surface area contributed by atoms with E-state index in [1.165, 1.54) is 11.3 Å². The van der Waals surface area contributed by atoms with Crippen molar-refractivity contribution in [3.05, 3.63) is 82.0 Å². The van der Waals surface area contributed by atoms with E-state index in [4.69, 9.17) is 4.74 Å². The average molecular weight is 438 g/mol. The second-order valence-corrected chi connectivity index (χ2v) is 7.62. The van der Waals surface area contributed by atoms with Crippen molar-refractivity contribution in [1.29, 1.82) is 0 Å². The predicted molar refractivity (Wildman–Crippen MR) is 121 cm³/mol. The molecule has 3 N–H and O–H groups in total. The summed E-state index contributed by atoms with van der Waals surface area (Å²) in [5.74, 6) is -0.0416. The van der Waals surface area contributed by atoms with Gasteiger partial charge in [0, 0.05) is 24.3 Å². The molecule has 1 aromatic heterocycles. The van der Waals surface area contributed by atoms with Crippen LogP contribution in [0.25, 0.3) is 0 Å².